The maximum absolute atomic E-state index is 5.27. The molecule has 2 N–H and O–H groups in total. The third-order valence-corrected chi connectivity index (χ3v) is 3.21. The molecule has 1 fully saturated rings. The Bertz CT molecular complexity index is 271. The maximum Gasteiger partial charge on any atom is 0.105 e. The third-order valence-electron chi connectivity index (χ3n) is 3.21. The van der Waals surface area contributed by atoms with Crippen LogP contribution < -0.4 is 10.6 Å². The quantitative estimate of drug-likeness (QED) is 0.715. The molecule has 0 aromatic carbocycles. The number of hydrogen-bond acceptors (Lipinski definition) is 3. The van der Waals surface area contributed by atoms with E-state index in [1.807, 2.05) is 12.1 Å². The smallest absolute Gasteiger partial charge is 0.105 e. The Morgan fingerprint density at radius 3 is 3.13 bits per heavy atom. The number of nitrogens with one attached hydrogen (secondary N) is 2. The first-order chi connectivity index (χ1) is 7.36. The van der Waals surface area contributed by atoms with Gasteiger partial charge < -0.3 is 15.1 Å². The van der Waals surface area contributed by atoms with Crippen LogP contribution in [-0.4, -0.2) is 26.2 Å². The van der Waals surface area contributed by atoms with Crippen molar-refractivity contribution in [3.63, 3.8) is 0 Å². The molecule has 2 heterocycles. The van der Waals surface area contributed by atoms with Gasteiger partial charge >= 0.3 is 0 Å². The molecule has 2 rings (SSSR count). The minimum atomic E-state index is 0.793. The molecule has 1 aliphatic rings. The van der Waals surface area contributed by atoms with Crippen molar-refractivity contribution in [2.75, 3.05) is 26.2 Å². The zero-order valence-corrected chi connectivity index (χ0v) is 9.33. The van der Waals surface area contributed by atoms with Crippen LogP contribution >= 0.6 is 0 Å². The van der Waals surface area contributed by atoms with Crippen molar-refractivity contribution in [3.8, 4) is 0 Å². The second-order valence-corrected chi connectivity index (χ2v) is 4.43. The first-order valence-corrected chi connectivity index (χ1v) is 5.80. The van der Waals surface area contributed by atoms with Crippen LogP contribution in [0.2, 0.25) is 0 Å². The predicted molar refractivity (Wildman–Crippen MR) is 60.8 cm³/mol. The summed E-state index contributed by atoms with van der Waals surface area (Å²) < 4.78 is 5.27. The minimum Gasteiger partial charge on any atom is -0.469 e. The second kappa shape index (κ2) is 5.33. The molecule has 1 aromatic rings. The van der Waals surface area contributed by atoms with Crippen LogP contribution in [0.1, 0.15) is 12.7 Å². The Morgan fingerprint density at radius 2 is 2.47 bits per heavy atom. The summed E-state index contributed by atoms with van der Waals surface area (Å²) >= 11 is 0. The van der Waals surface area contributed by atoms with Crippen molar-refractivity contribution in [3.05, 3.63) is 24.2 Å². The Balaban J connectivity index is 1.59. The van der Waals surface area contributed by atoms with Crippen LogP contribution in [0.3, 0.4) is 0 Å². The number of furan rings is 1. The van der Waals surface area contributed by atoms with Crippen LogP contribution in [0.5, 0.6) is 0 Å². The molecule has 2 unspecified atom stereocenters. The van der Waals surface area contributed by atoms with Crippen molar-refractivity contribution in [2.45, 2.75) is 13.3 Å². The molecule has 2 atom stereocenters. The van der Waals surface area contributed by atoms with Crippen molar-refractivity contribution in [1.29, 1.82) is 0 Å². The number of hydrogen-bond donors (Lipinski definition) is 2. The first-order valence-electron chi connectivity index (χ1n) is 5.80. The molecule has 0 amide bonds. The lowest BCUT2D eigenvalue weighted by Gasteiger charge is -2.14. The molecule has 3 heteroatoms. The summed E-state index contributed by atoms with van der Waals surface area (Å²) in [6, 6.07) is 3.97. The van der Waals surface area contributed by atoms with Crippen LogP contribution in [0.15, 0.2) is 22.8 Å². The van der Waals surface area contributed by atoms with Crippen LogP contribution in [0.4, 0.5) is 0 Å². The summed E-state index contributed by atoms with van der Waals surface area (Å²) in [6.07, 6.45) is 2.72. The molecular formula is C12H20N2O. The summed E-state index contributed by atoms with van der Waals surface area (Å²) in [5.74, 6) is 2.67. The van der Waals surface area contributed by atoms with Gasteiger partial charge in [0.05, 0.1) is 6.26 Å². The average molecular weight is 208 g/mol. The van der Waals surface area contributed by atoms with E-state index in [0.29, 0.717) is 0 Å². The van der Waals surface area contributed by atoms with Crippen LogP contribution in [0.25, 0.3) is 0 Å². The van der Waals surface area contributed by atoms with Gasteiger partial charge in [0.15, 0.2) is 0 Å². The van der Waals surface area contributed by atoms with E-state index in [2.05, 4.69) is 17.6 Å². The third kappa shape index (κ3) is 3.08. The van der Waals surface area contributed by atoms with E-state index in [1.165, 1.54) is 6.54 Å². The fourth-order valence-corrected chi connectivity index (χ4v) is 2.09. The molecule has 0 saturated carbocycles. The molecule has 0 aliphatic carbocycles. The lowest BCUT2D eigenvalue weighted by Crippen LogP contribution is -2.28. The molecule has 0 radical (unpaired) electrons. The Kier molecular flexibility index (Phi) is 3.80. The summed E-state index contributed by atoms with van der Waals surface area (Å²) in [4.78, 5) is 0. The molecule has 1 aromatic heterocycles. The zero-order chi connectivity index (χ0) is 10.5. The standard InChI is InChI=1S/C12H20N2O/c1-10-7-14-9-11(10)8-13-5-4-12-3-2-6-15-12/h2-3,6,10-11,13-14H,4-5,7-9H2,1H3. The van der Waals surface area contributed by atoms with Gasteiger partial charge in [0, 0.05) is 13.0 Å². The minimum absolute atomic E-state index is 0.793. The normalized spacial score (nSPS) is 25.9. The van der Waals surface area contributed by atoms with Gasteiger partial charge in [0.25, 0.3) is 0 Å². The van der Waals surface area contributed by atoms with Gasteiger partial charge in [0.1, 0.15) is 5.76 Å². The van der Waals surface area contributed by atoms with E-state index in [1.54, 1.807) is 6.26 Å². The van der Waals surface area contributed by atoms with Crippen LogP contribution in [-0.2, 0) is 6.42 Å². The lowest BCUT2D eigenvalue weighted by atomic mass is 9.98. The monoisotopic (exact) mass is 208 g/mol. The molecule has 1 saturated heterocycles. The molecule has 3 nitrogen and oxygen atoms in total. The van der Waals surface area contributed by atoms with E-state index < -0.39 is 0 Å². The summed E-state index contributed by atoms with van der Waals surface area (Å²) in [5.41, 5.74) is 0. The van der Waals surface area contributed by atoms with Crippen molar-refractivity contribution < 1.29 is 4.42 Å². The lowest BCUT2D eigenvalue weighted by molar-refractivity contribution is 0.416. The maximum atomic E-state index is 5.27. The Hall–Kier alpha value is -0.800. The zero-order valence-electron chi connectivity index (χ0n) is 9.33. The highest BCUT2D eigenvalue weighted by Gasteiger charge is 2.21. The van der Waals surface area contributed by atoms with E-state index in [-0.39, 0.29) is 0 Å². The summed E-state index contributed by atoms with van der Waals surface area (Å²) in [5, 5.41) is 6.91. The highest BCUT2D eigenvalue weighted by atomic mass is 16.3. The molecule has 84 valence electrons. The first kappa shape index (κ1) is 10.7. The molecule has 15 heavy (non-hydrogen) atoms. The number of rotatable bonds is 5. The van der Waals surface area contributed by atoms with Gasteiger partial charge in [-0.15, -0.1) is 0 Å². The van der Waals surface area contributed by atoms with Gasteiger partial charge in [-0.3, -0.25) is 0 Å². The van der Waals surface area contributed by atoms with Gasteiger partial charge in [-0.25, -0.2) is 0 Å². The van der Waals surface area contributed by atoms with Gasteiger partial charge in [0.2, 0.25) is 0 Å². The summed E-state index contributed by atoms with van der Waals surface area (Å²) in [7, 11) is 0. The van der Waals surface area contributed by atoms with E-state index >= 15 is 0 Å². The van der Waals surface area contributed by atoms with Crippen LogP contribution in [0, 0.1) is 11.8 Å². The molecule has 0 spiro atoms. The molecule has 0 bridgehead atoms. The largest absolute Gasteiger partial charge is 0.469 e. The second-order valence-electron chi connectivity index (χ2n) is 4.43. The average Bonchev–Trinajstić information content (AvgIpc) is 2.85. The predicted octanol–water partition coefficient (Wildman–Crippen LogP) is 1.27. The molecule has 1 aliphatic heterocycles. The SMILES string of the molecule is CC1CNCC1CNCCc1ccco1. The summed E-state index contributed by atoms with van der Waals surface area (Å²) in [6.45, 7) is 6.78. The van der Waals surface area contributed by atoms with Gasteiger partial charge in [-0.2, -0.15) is 0 Å². The van der Waals surface area contributed by atoms with Crippen molar-refractivity contribution in [2.24, 2.45) is 11.8 Å². The fraction of sp³-hybridized carbons (Fsp3) is 0.667. The van der Waals surface area contributed by atoms with Crippen molar-refractivity contribution in [1.82, 2.24) is 10.6 Å². The van der Waals surface area contributed by atoms with E-state index in [9.17, 15) is 0 Å². The van der Waals surface area contributed by atoms with E-state index in [0.717, 1.165) is 43.7 Å². The highest BCUT2D eigenvalue weighted by Crippen LogP contribution is 2.14. The van der Waals surface area contributed by atoms with Gasteiger partial charge in [-0.05, 0) is 43.6 Å². The topological polar surface area (TPSA) is 37.2 Å². The van der Waals surface area contributed by atoms with E-state index in [4.69, 9.17) is 4.42 Å². The molecular weight excluding hydrogens is 188 g/mol. The van der Waals surface area contributed by atoms with Crippen molar-refractivity contribution >= 4 is 0 Å². The highest BCUT2D eigenvalue weighted by molar-refractivity contribution is 4.98. The van der Waals surface area contributed by atoms with Gasteiger partial charge in [-0.1, -0.05) is 6.92 Å². The Labute approximate surface area is 91.2 Å². The fourth-order valence-electron chi connectivity index (χ4n) is 2.09. The Morgan fingerprint density at radius 1 is 1.53 bits per heavy atom.